The second-order valence-electron chi connectivity index (χ2n) is 5.41. The molecular formula is C15H16F3N3O4. The van der Waals surface area contributed by atoms with Crippen LogP contribution in [0, 0.1) is 17.8 Å². The molecule has 4 N–H and O–H groups in total. The van der Waals surface area contributed by atoms with Gasteiger partial charge in [0.15, 0.2) is 0 Å². The van der Waals surface area contributed by atoms with Crippen molar-refractivity contribution in [2.75, 3.05) is 11.9 Å². The third kappa shape index (κ3) is 4.08. The topological polar surface area (TPSA) is 111 Å². The summed E-state index contributed by atoms with van der Waals surface area (Å²) in [5, 5.41) is 2.28. The van der Waals surface area contributed by atoms with Crippen molar-refractivity contribution in [3.8, 4) is 0 Å². The number of hydrogen-bond donors (Lipinski definition) is 3. The van der Waals surface area contributed by atoms with Crippen molar-refractivity contribution in [3.63, 3.8) is 0 Å². The van der Waals surface area contributed by atoms with Gasteiger partial charge in [0.05, 0.1) is 29.9 Å². The number of hydrazine groups is 1. The molecule has 1 saturated carbocycles. The first kappa shape index (κ1) is 18.7. The first-order valence-electron chi connectivity index (χ1n) is 7.36. The molecule has 1 aromatic rings. The van der Waals surface area contributed by atoms with Crippen LogP contribution in [-0.2, 0) is 25.3 Å². The molecule has 1 aliphatic carbocycles. The lowest BCUT2D eigenvalue weighted by Gasteiger charge is -2.10. The number of amides is 2. The molecule has 0 aromatic heterocycles. The highest BCUT2D eigenvalue weighted by Crippen LogP contribution is 2.48. The minimum absolute atomic E-state index is 0.0638. The number of alkyl halides is 3. The van der Waals surface area contributed by atoms with E-state index in [4.69, 9.17) is 10.6 Å². The van der Waals surface area contributed by atoms with E-state index in [2.05, 4.69) is 5.32 Å². The SMILES string of the molecule is CCOC(=O)[C@@H]1[C@H](C(=O)NN)[C@@H]1C(=O)Nc1cccc(C(F)(F)F)c1. The standard InChI is InChI=1S/C15H16F3N3O4/c1-2-25-14(24)11-9(10(11)13(23)21-19)12(22)20-8-5-3-4-7(6-8)15(16,17)18/h3-6,9-11H,2,19H2,1H3,(H,20,22)(H,21,23)/t9-,10+,11-/m0/s1. The molecule has 136 valence electrons. The number of benzene rings is 1. The molecule has 0 spiro atoms. The lowest BCUT2D eigenvalue weighted by Crippen LogP contribution is -2.33. The van der Waals surface area contributed by atoms with E-state index in [1.165, 1.54) is 6.07 Å². The largest absolute Gasteiger partial charge is 0.466 e. The van der Waals surface area contributed by atoms with Crippen molar-refractivity contribution in [1.29, 1.82) is 0 Å². The molecule has 1 fully saturated rings. The number of anilines is 1. The van der Waals surface area contributed by atoms with Gasteiger partial charge in [0.2, 0.25) is 11.8 Å². The molecule has 0 saturated heterocycles. The Balaban J connectivity index is 2.14. The van der Waals surface area contributed by atoms with Crippen LogP contribution in [0.4, 0.5) is 18.9 Å². The summed E-state index contributed by atoms with van der Waals surface area (Å²) < 4.78 is 42.9. The van der Waals surface area contributed by atoms with Gasteiger partial charge in [-0.2, -0.15) is 13.2 Å². The Morgan fingerprint density at radius 3 is 2.36 bits per heavy atom. The smallest absolute Gasteiger partial charge is 0.416 e. The van der Waals surface area contributed by atoms with Gasteiger partial charge < -0.3 is 10.1 Å². The van der Waals surface area contributed by atoms with E-state index in [1.807, 2.05) is 5.43 Å². The minimum atomic E-state index is -4.56. The zero-order valence-electron chi connectivity index (χ0n) is 13.1. The first-order chi connectivity index (χ1) is 11.7. The van der Waals surface area contributed by atoms with Crippen LogP contribution < -0.4 is 16.6 Å². The first-order valence-corrected chi connectivity index (χ1v) is 7.36. The predicted molar refractivity (Wildman–Crippen MR) is 79.5 cm³/mol. The highest BCUT2D eigenvalue weighted by Gasteiger charge is 2.63. The fourth-order valence-corrected chi connectivity index (χ4v) is 2.59. The van der Waals surface area contributed by atoms with Gasteiger partial charge >= 0.3 is 12.1 Å². The summed E-state index contributed by atoms with van der Waals surface area (Å²) in [5.74, 6) is -0.287. The molecule has 0 aliphatic heterocycles. The molecule has 0 heterocycles. The van der Waals surface area contributed by atoms with Crippen molar-refractivity contribution in [3.05, 3.63) is 29.8 Å². The normalized spacial score (nSPS) is 22.0. The van der Waals surface area contributed by atoms with Crippen LogP contribution in [0.25, 0.3) is 0 Å². The van der Waals surface area contributed by atoms with Crippen molar-refractivity contribution < 1.29 is 32.3 Å². The van der Waals surface area contributed by atoms with E-state index >= 15 is 0 Å². The predicted octanol–water partition coefficient (Wildman–Crippen LogP) is 1.06. The fourth-order valence-electron chi connectivity index (χ4n) is 2.59. The third-order valence-corrected chi connectivity index (χ3v) is 3.78. The van der Waals surface area contributed by atoms with Gasteiger partial charge in [-0.05, 0) is 25.1 Å². The Morgan fingerprint density at radius 2 is 1.80 bits per heavy atom. The number of esters is 1. The maximum atomic E-state index is 12.7. The molecular weight excluding hydrogens is 343 g/mol. The fraction of sp³-hybridized carbons (Fsp3) is 0.400. The molecule has 0 bridgehead atoms. The van der Waals surface area contributed by atoms with Crippen LogP contribution in [0.3, 0.4) is 0 Å². The summed E-state index contributed by atoms with van der Waals surface area (Å²) in [4.78, 5) is 35.8. The average molecular weight is 359 g/mol. The minimum Gasteiger partial charge on any atom is -0.466 e. The molecule has 2 amide bonds. The Kier molecular flexibility index (Phi) is 5.31. The zero-order valence-corrected chi connectivity index (χ0v) is 13.1. The molecule has 25 heavy (non-hydrogen) atoms. The Bertz CT molecular complexity index is 693. The molecule has 0 unspecified atom stereocenters. The van der Waals surface area contributed by atoms with E-state index in [-0.39, 0.29) is 12.3 Å². The molecule has 1 aliphatic rings. The number of carbonyl (C=O) groups excluding carboxylic acids is 3. The van der Waals surface area contributed by atoms with Gasteiger partial charge in [-0.25, -0.2) is 5.84 Å². The molecule has 7 nitrogen and oxygen atoms in total. The van der Waals surface area contributed by atoms with E-state index in [0.29, 0.717) is 0 Å². The van der Waals surface area contributed by atoms with Crippen LogP contribution in [0.1, 0.15) is 12.5 Å². The summed E-state index contributed by atoms with van der Waals surface area (Å²) >= 11 is 0. The van der Waals surface area contributed by atoms with Crippen molar-refractivity contribution in [2.24, 2.45) is 23.6 Å². The van der Waals surface area contributed by atoms with Crippen LogP contribution in [0.15, 0.2) is 24.3 Å². The van der Waals surface area contributed by atoms with Crippen LogP contribution in [0.2, 0.25) is 0 Å². The Morgan fingerprint density at radius 1 is 1.16 bits per heavy atom. The summed E-state index contributed by atoms with van der Waals surface area (Å²) in [7, 11) is 0. The number of nitrogens with two attached hydrogens (primary N) is 1. The van der Waals surface area contributed by atoms with Crippen molar-refractivity contribution >= 4 is 23.5 Å². The molecule has 0 radical (unpaired) electrons. The van der Waals surface area contributed by atoms with E-state index in [1.54, 1.807) is 6.92 Å². The van der Waals surface area contributed by atoms with Gasteiger partial charge in [-0.3, -0.25) is 19.8 Å². The number of hydrogen-bond acceptors (Lipinski definition) is 5. The van der Waals surface area contributed by atoms with E-state index < -0.39 is 47.3 Å². The second kappa shape index (κ2) is 7.09. The quantitative estimate of drug-likeness (QED) is 0.315. The van der Waals surface area contributed by atoms with Crippen LogP contribution in [0.5, 0.6) is 0 Å². The second-order valence-corrected chi connectivity index (χ2v) is 5.41. The number of nitrogens with one attached hydrogen (secondary N) is 2. The summed E-state index contributed by atoms with van der Waals surface area (Å²) in [6, 6.07) is 4.03. The number of halogens is 3. The van der Waals surface area contributed by atoms with Gasteiger partial charge in [0.1, 0.15) is 0 Å². The zero-order chi connectivity index (χ0) is 18.8. The van der Waals surface area contributed by atoms with Crippen molar-refractivity contribution in [2.45, 2.75) is 13.1 Å². The van der Waals surface area contributed by atoms with Crippen LogP contribution >= 0.6 is 0 Å². The number of ether oxygens (including phenoxy) is 1. The maximum absolute atomic E-state index is 12.7. The molecule has 2 rings (SSSR count). The highest BCUT2D eigenvalue weighted by atomic mass is 19.4. The molecule has 1 aromatic carbocycles. The van der Waals surface area contributed by atoms with Gasteiger partial charge in [-0.1, -0.05) is 6.07 Å². The third-order valence-electron chi connectivity index (χ3n) is 3.78. The summed E-state index contributed by atoms with van der Waals surface area (Å²) in [6.07, 6.45) is -4.56. The summed E-state index contributed by atoms with van der Waals surface area (Å²) in [6.45, 7) is 1.63. The number of carbonyl (C=O) groups is 3. The number of rotatable bonds is 5. The Hall–Kier alpha value is -2.62. The summed E-state index contributed by atoms with van der Waals surface area (Å²) in [5.41, 5.74) is 0.829. The average Bonchev–Trinajstić information content (AvgIpc) is 3.29. The van der Waals surface area contributed by atoms with Gasteiger partial charge in [0.25, 0.3) is 0 Å². The lowest BCUT2D eigenvalue weighted by atomic mass is 10.2. The monoisotopic (exact) mass is 359 g/mol. The Labute approximate surface area is 140 Å². The van der Waals surface area contributed by atoms with E-state index in [0.717, 1.165) is 18.2 Å². The molecule has 3 atom stereocenters. The van der Waals surface area contributed by atoms with Crippen LogP contribution in [-0.4, -0.2) is 24.4 Å². The van der Waals surface area contributed by atoms with Gasteiger partial charge in [-0.15, -0.1) is 0 Å². The molecule has 10 heteroatoms. The lowest BCUT2D eigenvalue weighted by molar-refractivity contribution is -0.146. The van der Waals surface area contributed by atoms with Crippen molar-refractivity contribution in [1.82, 2.24) is 5.43 Å². The highest BCUT2D eigenvalue weighted by molar-refractivity contribution is 6.05. The van der Waals surface area contributed by atoms with Gasteiger partial charge in [0, 0.05) is 5.69 Å². The maximum Gasteiger partial charge on any atom is 0.416 e. The van der Waals surface area contributed by atoms with E-state index in [9.17, 15) is 27.6 Å².